The van der Waals surface area contributed by atoms with E-state index in [1.807, 2.05) is 50.2 Å². The molecule has 6 rings (SSSR count). The van der Waals surface area contributed by atoms with E-state index in [1.165, 1.54) is 10.9 Å². The maximum atomic E-state index is 13.3. The maximum Gasteiger partial charge on any atom is 0.434 e. The summed E-state index contributed by atoms with van der Waals surface area (Å²) in [7, 11) is 1.56. The van der Waals surface area contributed by atoms with Gasteiger partial charge in [-0.25, -0.2) is 19.9 Å². The number of rotatable bonds is 8. The Balaban J connectivity index is 1.31. The van der Waals surface area contributed by atoms with Crippen LogP contribution in [0.1, 0.15) is 55.6 Å². The van der Waals surface area contributed by atoms with Crippen molar-refractivity contribution in [3.63, 3.8) is 0 Å². The van der Waals surface area contributed by atoms with Gasteiger partial charge in [0, 0.05) is 23.7 Å². The standard InChI is InChI=1S/C30H27F3N6O2/c1-17(2)39-14-23(30(31,32)33)37-27(39)20-10-8-18(9-11-20)15-41-28-21-6-4-5-7-22(21)36-26(38-28)24-25(19-12-13-19)34-16-35-29(24)40-3/h4-11,14,16-17,19H,12-13,15H2,1-3H3. The van der Waals surface area contributed by atoms with Gasteiger partial charge in [-0.15, -0.1) is 0 Å². The topological polar surface area (TPSA) is 87.8 Å². The van der Waals surface area contributed by atoms with Crippen molar-refractivity contribution in [2.45, 2.75) is 51.4 Å². The molecule has 3 aromatic heterocycles. The number of para-hydroxylation sites is 1. The zero-order valence-corrected chi connectivity index (χ0v) is 22.7. The van der Waals surface area contributed by atoms with Crippen LogP contribution >= 0.6 is 0 Å². The highest BCUT2D eigenvalue weighted by molar-refractivity contribution is 5.86. The minimum atomic E-state index is -4.52. The third-order valence-electron chi connectivity index (χ3n) is 6.96. The van der Waals surface area contributed by atoms with Crippen LogP contribution in [0.15, 0.2) is 61.1 Å². The van der Waals surface area contributed by atoms with Crippen molar-refractivity contribution in [3.8, 4) is 34.5 Å². The fourth-order valence-electron chi connectivity index (χ4n) is 4.72. The van der Waals surface area contributed by atoms with Gasteiger partial charge in [0.25, 0.3) is 0 Å². The Morgan fingerprint density at radius 3 is 2.39 bits per heavy atom. The summed E-state index contributed by atoms with van der Waals surface area (Å²) in [5.41, 5.74) is 2.72. The Hall–Kier alpha value is -4.54. The average Bonchev–Trinajstić information content (AvgIpc) is 3.71. The molecule has 0 amide bonds. The number of aromatic nitrogens is 6. The summed E-state index contributed by atoms with van der Waals surface area (Å²) in [4.78, 5) is 22.2. The van der Waals surface area contributed by atoms with Crippen LogP contribution in [0.25, 0.3) is 33.7 Å². The van der Waals surface area contributed by atoms with E-state index in [-0.39, 0.29) is 18.5 Å². The second-order valence-electron chi connectivity index (χ2n) is 10.2. The van der Waals surface area contributed by atoms with Gasteiger partial charge >= 0.3 is 6.18 Å². The largest absolute Gasteiger partial charge is 0.480 e. The third-order valence-corrected chi connectivity index (χ3v) is 6.96. The number of methoxy groups -OCH3 is 1. The van der Waals surface area contributed by atoms with Gasteiger partial charge in [0.2, 0.25) is 11.8 Å². The highest BCUT2D eigenvalue weighted by Crippen LogP contribution is 2.45. The molecule has 1 saturated carbocycles. The second kappa shape index (κ2) is 10.5. The average molecular weight is 561 g/mol. The first-order valence-electron chi connectivity index (χ1n) is 13.3. The van der Waals surface area contributed by atoms with Crippen molar-refractivity contribution in [1.82, 2.24) is 29.5 Å². The Bertz CT molecular complexity index is 1710. The van der Waals surface area contributed by atoms with Crippen LogP contribution in [0, 0.1) is 0 Å². The van der Waals surface area contributed by atoms with Gasteiger partial charge in [-0.05, 0) is 44.4 Å². The fraction of sp³-hybridized carbons (Fsp3) is 0.300. The van der Waals surface area contributed by atoms with Crippen molar-refractivity contribution in [2.24, 2.45) is 0 Å². The van der Waals surface area contributed by atoms with Gasteiger partial charge in [0.05, 0.1) is 23.7 Å². The predicted octanol–water partition coefficient (Wildman–Crippen LogP) is 7.02. The molecule has 5 aromatic rings. The van der Waals surface area contributed by atoms with E-state index >= 15 is 0 Å². The summed E-state index contributed by atoms with van der Waals surface area (Å²) in [5, 5.41) is 0.746. The van der Waals surface area contributed by atoms with Gasteiger partial charge in [0.1, 0.15) is 24.3 Å². The number of benzene rings is 2. The zero-order chi connectivity index (χ0) is 28.7. The van der Waals surface area contributed by atoms with Crippen molar-refractivity contribution < 1.29 is 22.6 Å². The molecule has 0 radical (unpaired) electrons. The first kappa shape index (κ1) is 26.7. The lowest BCUT2D eigenvalue weighted by molar-refractivity contribution is -0.140. The van der Waals surface area contributed by atoms with Crippen LogP contribution in [0.3, 0.4) is 0 Å². The molecule has 0 N–H and O–H groups in total. The number of fused-ring (bicyclic) bond motifs is 1. The van der Waals surface area contributed by atoms with Gasteiger partial charge in [-0.2, -0.15) is 18.2 Å². The molecular weight excluding hydrogens is 533 g/mol. The summed E-state index contributed by atoms with van der Waals surface area (Å²) in [5.74, 6) is 1.81. The van der Waals surface area contributed by atoms with Crippen molar-refractivity contribution in [3.05, 3.63) is 78.0 Å². The van der Waals surface area contributed by atoms with Crippen LogP contribution in [-0.4, -0.2) is 36.6 Å². The summed E-state index contributed by atoms with van der Waals surface area (Å²) in [6.07, 6.45) is 0.104. The lowest BCUT2D eigenvalue weighted by atomic mass is 10.1. The lowest BCUT2D eigenvalue weighted by Crippen LogP contribution is -2.05. The van der Waals surface area contributed by atoms with E-state index in [4.69, 9.17) is 19.4 Å². The second-order valence-corrected chi connectivity index (χ2v) is 10.2. The Morgan fingerprint density at radius 1 is 0.951 bits per heavy atom. The molecule has 2 aromatic carbocycles. The van der Waals surface area contributed by atoms with Crippen LogP contribution in [0.4, 0.5) is 13.2 Å². The minimum absolute atomic E-state index is 0.186. The van der Waals surface area contributed by atoms with E-state index in [2.05, 4.69) is 15.0 Å². The molecule has 1 aliphatic carbocycles. The Kier molecular flexibility index (Phi) is 6.80. The quantitative estimate of drug-likeness (QED) is 0.202. The number of halogens is 3. The Morgan fingerprint density at radius 2 is 1.71 bits per heavy atom. The number of hydrogen-bond donors (Lipinski definition) is 0. The molecule has 210 valence electrons. The van der Waals surface area contributed by atoms with Gasteiger partial charge in [0.15, 0.2) is 11.5 Å². The first-order chi connectivity index (χ1) is 19.7. The molecule has 0 atom stereocenters. The maximum absolute atomic E-state index is 13.3. The molecule has 8 nitrogen and oxygen atoms in total. The highest BCUT2D eigenvalue weighted by atomic mass is 19.4. The minimum Gasteiger partial charge on any atom is -0.480 e. The first-order valence-corrected chi connectivity index (χ1v) is 13.3. The van der Waals surface area contributed by atoms with Crippen LogP contribution in [-0.2, 0) is 12.8 Å². The monoisotopic (exact) mass is 560 g/mol. The van der Waals surface area contributed by atoms with E-state index in [0.717, 1.165) is 35.7 Å². The lowest BCUT2D eigenvalue weighted by Gasteiger charge is -2.14. The van der Waals surface area contributed by atoms with Gasteiger partial charge < -0.3 is 14.0 Å². The van der Waals surface area contributed by atoms with Gasteiger partial charge in [-0.3, -0.25) is 0 Å². The third kappa shape index (κ3) is 5.31. The molecule has 0 bridgehead atoms. The number of imidazole rings is 1. The molecule has 3 heterocycles. The molecule has 0 saturated heterocycles. The predicted molar refractivity (Wildman–Crippen MR) is 146 cm³/mol. The number of alkyl halides is 3. The Labute approximate surface area is 234 Å². The summed E-state index contributed by atoms with van der Waals surface area (Å²) < 4.78 is 53.3. The molecular formula is C30H27F3N6O2. The SMILES string of the molecule is COc1ncnc(C2CC2)c1-c1nc(OCc2ccc(-c3nc(C(F)(F)F)cn3C(C)C)cc2)c2ccccc2n1. The molecule has 11 heteroatoms. The number of nitrogens with zero attached hydrogens (tertiary/aromatic N) is 6. The van der Waals surface area contributed by atoms with Crippen LogP contribution in [0.2, 0.25) is 0 Å². The van der Waals surface area contributed by atoms with Crippen molar-refractivity contribution in [2.75, 3.05) is 7.11 Å². The van der Waals surface area contributed by atoms with Crippen molar-refractivity contribution >= 4 is 10.9 Å². The number of hydrogen-bond acceptors (Lipinski definition) is 7. The normalized spacial score (nSPS) is 13.6. The molecule has 0 aliphatic heterocycles. The molecule has 41 heavy (non-hydrogen) atoms. The van der Waals surface area contributed by atoms with E-state index in [1.54, 1.807) is 19.2 Å². The summed E-state index contributed by atoms with van der Waals surface area (Å²) in [6.45, 7) is 3.82. The molecule has 0 spiro atoms. The van der Waals surface area contributed by atoms with Crippen LogP contribution < -0.4 is 9.47 Å². The molecule has 0 unspecified atom stereocenters. The van der Waals surface area contributed by atoms with Crippen LogP contribution in [0.5, 0.6) is 11.8 Å². The van der Waals surface area contributed by atoms with E-state index in [9.17, 15) is 13.2 Å². The van der Waals surface area contributed by atoms with E-state index < -0.39 is 11.9 Å². The summed E-state index contributed by atoms with van der Waals surface area (Å²) in [6, 6.07) is 14.5. The summed E-state index contributed by atoms with van der Waals surface area (Å²) >= 11 is 0. The van der Waals surface area contributed by atoms with E-state index in [0.29, 0.717) is 40.1 Å². The number of ether oxygens (including phenoxy) is 2. The highest BCUT2D eigenvalue weighted by Gasteiger charge is 2.35. The molecule has 1 aliphatic rings. The fourth-order valence-corrected chi connectivity index (χ4v) is 4.72. The van der Waals surface area contributed by atoms with Gasteiger partial charge in [-0.1, -0.05) is 36.4 Å². The van der Waals surface area contributed by atoms with Crippen molar-refractivity contribution in [1.29, 1.82) is 0 Å². The zero-order valence-electron chi connectivity index (χ0n) is 22.7. The smallest absolute Gasteiger partial charge is 0.434 e. The molecule has 1 fully saturated rings.